The van der Waals surface area contributed by atoms with Crippen LogP contribution in [0.15, 0.2) is 52.4 Å². The van der Waals surface area contributed by atoms with Gasteiger partial charge in [0.05, 0.1) is 15.4 Å². The first-order valence-corrected chi connectivity index (χ1v) is 6.83. The van der Waals surface area contributed by atoms with Crippen molar-refractivity contribution in [2.24, 2.45) is 0 Å². The SMILES string of the molecule is Nc1ccc(S(=O)(=O)c2cccc(C(F)(F)F)c2)cn1. The smallest absolute Gasteiger partial charge is 0.384 e. The number of halogens is 3. The van der Waals surface area contributed by atoms with E-state index in [0.29, 0.717) is 6.07 Å². The summed E-state index contributed by atoms with van der Waals surface area (Å²) in [4.78, 5) is 2.96. The first-order valence-electron chi connectivity index (χ1n) is 5.35. The fraction of sp³-hybridized carbons (Fsp3) is 0.0833. The van der Waals surface area contributed by atoms with Gasteiger partial charge >= 0.3 is 6.18 Å². The van der Waals surface area contributed by atoms with Gasteiger partial charge in [0.25, 0.3) is 0 Å². The Balaban J connectivity index is 2.53. The number of alkyl halides is 3. The average Bonchev–Trinajstić information content (AvgIpc) is 2.38. The predicted octanol–water partition coefficient (Wildman–Crippen LogP) is 2.52. The highest BCUT2D eigenvalue weighted by atomic mass is 32.2. The number of sulfone groups is 1. The molecule has 0 saturated heterocycles. The zero-order chi connectivity index (χ0) is 15.0. The summed E-state index contributed by atoms with van der Waals surface area (Å²) in [5.74, 6) is 0.119. The van der Waals surface area contributed by atoms with Crippen molar-refractivity contribution >= 4 is 15.7 Å². The van der Waals surface area contributed by atoms with Crippen molar-refractivity contribution in [3.8, 4) is 0 Å². The Morgan fingerprint density at radius 2 is 1.75 bits per heavy atom. The third-order valence-corrected chi connectivity index (χ3v) is 4.28. The summed E-state index contributed by atoms with van der Waals surface area (Å²) in [5.41, 5.74) is 4.31. The highest BCUT2D eigenvalue weighted by Crippen LogP contribution is 2.31. The third-order valence-electron chi connectivity index (χ3n) is 2.54. The summed E-state index contributed by atoms with van der Waals surface area (Å²) < 4.78 is 62.1. The van der Waals surface area contributed by atoms with Crippen molar-refractivity contribution in [1.29, 1.82) is 0 Å². The van der Waals surface area contributed by atoms with E-state index in [2.05, 4.69) is 4.98 Å². The molecule has 2 aromatic rings. The number of nitrogens with zero attached hydrogens (tertiary/aromatic N) is 1. The third kappa shape index (κ3) is 2.74. The van der Waals surface area contributed by atoms with Crippen LogP contribution in [0.25, 0.3) is 0 Å². The Hall–Kier alpha value is -2.09. The van der Waals surface area contributed by atoms with Gasteiger partial charge in [0, 0.05) is 6.20 Å². The van der Waals surface area contributed by atoms with E-state index in [0.717, 1.165) is 24.4 Å². The summed E-state index contributed by atoms with van der Waals surface area (Å²) >= 11 is 0. The van der Waals surface area contributed by atoms with Crippen LogP contribution in [0.4, 0.5) is 19.0 Å². The second-order valence-electron chi connectivity index (χ2n) is 3.95. The number of hydrogen-bond acceptors (Lipinski definition) is 4. The van der Waals surface area contributed by atoms with E-state index in [-0.39, 0.29) is 10.7 Å². The van der Waals surface area contributed by atoms with E-state index in [1.54, 1.807) is 0 Å². The lowest BCUT2D eigenvalue weighted by Gasteiger charge is -2.09. The Labute approximate surface area is 113 Å². The molecule has 1 heterocycles. The molecule has 1 aromatic heterocycles. The minimum absolute atomic E-state index is 0.119. The van der Waals surface area contributed by atoms with Crippen molar-refractivity contribution in [2.45, 2.75) is 16.0 Å². The molecule has 106 valence electrons. The lowest BCUT2D eigenvalue weighted by molar-refractivity contribution is -0.137. The molecule has 2 rings (SSSR count). The number of benzene rings is 1. The Kier molecular flexibility index (Phi) is 3.43. The van der Waals surface area contributed by atoms with E-state index in [1.165, 1.54) is 12.1 Å². The molecular formula is C12H9F3N2O2S. The van der Waals surface area contributed by atoms with Crippen molar-refractivity contribution in [3.63, 3.8) is 0 Å². The molecule has 8 heteroatoms. The molecule has 0 atom stereocenters. The fourth-order valence-electron chi connectivity index (χ4n) is 1.53. The maximum Gasteiger partial charge on any atom is 0.416 e. The number of nitrogen functional groups attached to an aromatic ring is 1. The van der Waals surface area contributed by atoms with Crippen LogP contribution >= 0.6 is 0 Å². The number of aromatic nitrogens is 1. The first kappa shape index (κ1) is 14.3. The molecule has 0 aliphatic carbocycles. The number of hydrogen-bond donors (Lipinski definition) is 1. The molecule has 0 saturated carbocycles. The van der Waals surface area contributed by atoms with Gasteiger partial charge in [-0.25, -0.2) is 13.4 Å². The van der Waals surface area contributed by atoms with E-state index in [1.807, 2.05) is 0 Å². The van der Waals surface area contributed by atoms with Crippen molar-refractivity contribution in [3.05, 3.63) is 48.2 Å². The maximum absolute atomic E-state index is 12.6. The minimum Gasteiger partial charge on any atom is -0.384 e. The molecule has 0 aliphatic rings. The minimum atomic E-state index is -4.61. The monoisotopic (exact) mass is 302 g/mol. The molecule has 1 aromatic carbocycles. The lowest BCUT2D eigenvalue weighted by Crippen LogP contribution is -2.08. The molecule has 0 spiro atoms. The van der Waals surface area contributed by atoms with Crippen LogP contribution in [0.5, 0.6) is 0 Å². The summed E-state index contributed by atoms with van der Waals surface area (Å²) in [6, 6.07) is 5.99. The topological polar surface area (TPSA) is 73.1 Å². The highest BCUT2D eigenvalue weighted by Gasteiger charge is 2.32. The molecule has 0 bridgehead atoms. The highest BCUT2D eigenvalue weighted by molar-refractivity contribution is 7.91. The number of pyridine rings is 1. The summed E-state index contributed by atoms with van der Waals surface area (Å²) in [5, 5.41) is 0. The van der Waals surface area contributed by atoms with Crippen molar-refractivity contribution < 1.29 is 21.6 Å². The molecule has 2 N–H and O–H groups in total. The summed E-state index contributed by atoms with van der Waals surface area (Å²) in [6.07, 6.45) is -3.60. The largest absolute Gasteiger partial charge is 0.416 e. The van der Waals surface area contributed by atoms with Gasteiger partial charge in [0.2, 0.25) is 9.84 Å². The zero-order valence-electron chi connectivity index (χ0n) is 9.92. The Bertz CT molecular complexity index is 725. The average molecular weight is 302 g/mol. The molecule has 0 fully saturated rings. The van der Waals surface area contributed by atoms with Gasteiger partial charge in [-0.2, -0.15) is 13.2 Å². The van der Waals surface area contributed by atoms with Crippen LogP contribution in [0, 0.1) is 0 Å². The fourth-order valence-corrected chi connectivity index (χ4v) is 2.78. The van der Waals surface area contributed by atoms with Gasteiger partial charge in [0.1, 0.15) is 5.82 Å². The summed E-state index contributed by atoms with van der Waals surface area (Å²) in [6.45, 7) is 0. The Morgan fingerprint density at radius 3 is 2.30 bits per heavy atom. The van der Waals surface area contributed by atoms with Crippen LogP contribution in [0.1, 0.15) is 5.56 Å². The molecule has 4 nitrogen and oxygen atoms in total. The quantitative estimate of drug-likeness (QED) is 0.925. The van der Waals surface area contributed by atoms with Gasteiger partial charge in [0.15, 0.2) is 0 Å². The van der Waals surface area contributed by atoms with Crippen LogP contribution in [0.2, 0.25) is 0 Å². The van der Waals surface area contributed by atoms with Crippen LogP contribution in [-0.4, -0.2) is 13.4 Å². The number of nitrogens with two attached hydrogens (primary N) is 1. The van der Waals surface area contributed by atoms with Crippen LogP contribution in [0.3, 0.4) is 0 Å². The normalized spacial score (nSPS) is 12.3. The number of anilines is 1. The number of rotatable bonds is 2. The molecule has 0 aliphatic heterocycles. The predicted molar refractivity (Wildman–Crippen MR) is 65.5 cm³/mol. The first-order chi connectivity index (χ1) is 9.21. The van der Waals surface area contributed by atoms with Crippen molar-refractivity contribution in [2.75, 3.05) is 5.73 Å². The second-order valence-corrected chi connectivity index (χ2v) is 5.90. The molecule has 0 radical (unpaired) electrons. The van der Waals surface area contributed by atoms with Gasteiger partial charge in [-0.3, -0.25) is 0 Å². The van der Waals surface area contributed by atoms with Gasteiger partial charge in [-0.05, 0) is 30.3 Å². The molecule has 0 unspecified atom stereocenters. The van der Waals surface area contributed by atoms with E-state index in [9.17, 15) is 21.6 Å². The van der Waals surface area contributed by atoms with Gasteiger partial charge < -0.3 is 5.73 Å². The molecular weight excluding hydrogens is 293 g/mol. The standard InChI is InChI=1S/C12H9F3N2O2S/c13-12(14,15)8-2-1-3-9(6-8)20(18,19)10-4-5-11(16)17-7-10/h1-7H,(H2,16,17). The van der Waals surface area contributed by atoms with E-state index >= 15 is 0 Å². The van der Waals surface area contributed by atoms with E-state index < -0.39 is 26.5 Å². The Morgan fingerprint density at radius 1 is 1.05 bits per heavy atom. The zero-order valence-corrected chi connectivity index (χ0v) is 10.7. The van der Waals surface area contributed by atoms with Crippen molar-refractivity contribution in [1.82, 2.24) is 4.98 Å². The van der Waals surface area contributed by atoms with Crippen LogP contribution < -0.4 is 5.73 Å². The van der Waals surface area contributed by atoms with Crippen LogP contribution in [-0.2, 0) is 16.0 Å². The second kappa shape index (κ2) is 4.78. The van der Waals surface area contributed by atoms with Gasteiger partial charge in [-0.1, -0.05) is 6.07 Å². The molecule has 20 heavy (non-hydrogen) atoms. The molecule has 0 amide bonds. The van der Waals surface area contributed by atoms with E-state index in [4.69, 9.17) is 5.73 Å². The summed E-state index contributed by atoms with van der Waals surface area (Å²) in [7, 11) is -4.06. The lowest BCUT2D eigenvalue weighted by atomic mass is 10.2. The maximum atomic E-state index is 12.6. The van der Waals surface area contributed by atoms with Gasteiger partial charge in [-0.15, -0.1) is 0 Å².